The molecule has 1 rings (SSSR count). The highest BCUT2D eigenvalue weighted by atomic mass is 79.9. The van der Waals surface area contributed by atoms with E-state index in [2.05, 4.69) is 21.4 Å². The minimum absolute atomic E-state index is 0.0434. The molecule has 4 heteroatoms. The van der Waals surface area contributed by atoms with Gasteiger partial charge < -0.3 is 0 Å². The summed E-state index contributed by atoms with van der Waals surface area (Å²) in [5.41, 5.74) is 2.78. The van der Waals surface area contributed by atoms with E-state index < -0.39 is 0 Å². The molecule has 0 aromatic heterocycles. The van der Waals surface area contributed by atoms with Gasteiger partial charge in [-0.05, 0) is 12.8 Å². The summed E-state index contributed by atoms with van der Waals surface area (Å²) in [5.74, 6) is 0.0434. The van der Waals surface area contributed by atoms with Gasteiger partial charge in [0, 0.05) is 13.1 Å². The molecule has 1 fully saturated rings. The number of hydrogen-bond donors (Lipinski definition) is 1. The number of hydrazine groups is 1. The fourth-order valence-electron chi connectivity index (χ4n) is 1.04. The highest BCUT2D eigenvalue weighted by Gasteiger charge is 2.12. The van der Waals surface area contributed by atoms with Gasteiger partial charge in [0.2, 0.25) is 5.91 Å². The van der Waals surface area contributed by atoms with Crippen LogP contribution in [0.2, 0.25) is 0 Å². The number of carbonyl (C=O) groups excluding carboxylic acids is 1. The molecule has 1 aliphatic heterocycles. The van der Waals surface area contributed by atoms with Gasteiger partial charge in [-0.2, -0.15) is 0 Å². The highest BCUT2D eigenvalue weighted by Crippen LogP contribution is 2.03. The Bertz CT molecular complexity index is 123. The van der Waals surface area contributed by atoms with E-state index in [9.17, 15) is 4.79 Å². The number of nitrogens with one attached hydrogen (secondary N) is 1. The lowest BCUT2D eigenvalue weighted by Gasteiger charge is -2.14. The molecule has 1 aliphatic rings. The van der Waals surface area contributed by atoms with Crippen LogP contribution in [0.4, 0.5) is 0 Å². The molecule has 0 atom stereocenters. The van der Waals surface area contributed by atoms with Crippen LogP contribution >= 0.6 is 15.9 Å². The number of rotatable bonds is 2. The molecule has 10 heavy (non-hydrogen) atoms. The first kappa shape index (κ1) is 8.01. The zero-order chi connectivity index (χ0) is 7.40. The predicted octanol–water partition coefficient (Wildman–Crippen LogP) is 0.508. The summed E-state index contributed by atoms with van der Waals surface area (Å²) in [4.78, 5) is 10.8. The summed E-state index contributed by atoms with van der Waals surface area (Å²) in [6, 6.07) is 0. The fraction of sp³-hybridized carbons (Fsp3) is 0.833. The van der Waals surface area contributed by atoms with Crippen LogP contribution in [-0.4, -0.2) is 29.3 Å². The molecule has 0 aromatic carbocycles. The average molecular weight is 207 g/mol. The number of nitrogens with zero attached hydrogens (tertiary/aromatic N) is 1. The van der Waals surface area contributed by atoms with Crippen LogP contribution < -0.4 is 5.43 Å². The summed E-state index contributed by atoms with van der Waals surface area (Å²) in [6.07, 6.45) is 2.39. The summed E-state index contributed by atoms with van der Waals surface area (Å²) < 4.78 is 0. The van der Waals surface area contributed by atoms with E-state index in [1.807, 2.05) is 5.01 Å². The van der Waals surface area contributed by atoms with E-state index in [1.165, 1.54) is 12.8 Å². The van der Waals surface area contributed by atoms with Crippen molar-refractivity contribution >= 4 is 21.8 Å². The van der Waals surface area contributed by atoms with E-state index in [1.54, 1.807) is 0 Å². The Morgan fingerprint density at radius 1 is 1.50 bits per heavy atom. The lowest BCUT2D eigenvalue weighted by atomic mass is 10.4. The Morgan fingerprint density at radius 3 is 2.60 bits per heavy atom. The van der Waals surface area contributed by atoms with E-state index in [4.69, 9.17) is 0 Å². The molecular formula is C6H11BrN2O. The van der Waals surface area contributed by atoms with Crippen molar-refractivity contribution in [1.29, 1.82) is 0 Å². The largest absolute Gasteiger partial charge is 0.288 e. The first-order chi connectivity index (χ1) is 4.83. The Balaban J connectivity index is 2.17. The van der Waals surface area contributed by atoms with Crippen molar-refractivity contribution < 1.29 is 4.79 Å². The predicted molar refractivity (Wildman–Crippen MR) is 42.7 cm³/mol. The Labute approximate surface area is 68.9 Å². The van der Waals surface area contributed by atoms with Crippen molar-refractivity contribution in [2.45, 2.75) is 12.8 Å². The van der Waals surface area contributed by atoms with Gasteiger partial charge in [-0.1, -0.05) is 15.9 Å². The van der Waals surface area contributed by atoms with Crippen molar-refractivity contribution in [3.05, 3.63) is 0 Å². The average Bonchev–Trinajstić information content (AvgIpc) is 2.40. The lowest BCUT2D eigenvalue weighted by Crippen LogP contribution is -2.40. The molecule has 1 saturated heterocycles. The Morgan fingerprint density at radius 2 is 2.10 bits per heavy atom. The third-order valence-electron chi connectivity index (χ3n) is 1.51. The van der Waals surface area contributed by atoms with Crippen LogP contribution in [0.1, 0.15) is 12.8 Å². The minimum Gasteiger partial charge on any atom is -0.288 e. The molecule has 1 amide bonds. The highest BCUT2D eigenvalue weighted by molar-refractivity contribution is 9.09. The monoisotopic (exact) mass is 206 g/mol. The molecule has 0 spiro atoms. The number of halogens is 1. The van der Waals surface area contributed by atoms with Gasteiger partial charge in [-0.3, -0.25) is 10.2 Å². The number of carbonyl (C=O) groups is 1. The summed E-state index contributed by atoms with van der Waals surface area (Å²) >= 11 is 3.08. The van der Waals surface area contributed by atoms with Crippen LogP contribution in [0, 0.1) is 0 Å². The first-order valence-electron chi connectivity index (χ1n) is 3.43. The summed E-state index contributed by atoms with van der Waals surface area (Å²) in [5, 5.41) is 2.35. The van der Waals surface area contributed by atoms with Crippen molar-refractivity contribution in [1.82, 2.24) is 10.4 Å². The zero-order valence-corrected chi connectivity index (χ0v) is 7.35. The van der Waals surface area contributed by atoms with Crippen LogP contribution in [0.5, 0.6) is 0 Å². The molecule has 0 unspecified atom stereocenters. The van der Waals surface area contributed by atoms with Gasteiger partial charge in [0.05, 0.1) is 5.33 Å². The van der Waals surface area contributed by atoms with Crippen molar-refractivity contribution in [3.63, 3.8) is 0 Å². The van der Waals surface area contributed by atoms with E-state index in [0.717, 1.165) is 13.1 Å². The molecule has 0 bridgehead atoms. The van der Waals surface area contributed by atoms with E-state index >= 15 is 0 Å². The maximum absolute atomic E-state index is 10.8. The minimum atomic E-state index is 0.0434. The molecule has 1 heterocycles. The number of alkyl halides is 1. The molecule has 0 aliphatic carbocycles. The second-order valence-electron chi connectivity index (χ2n) is 2.36. The standard InChI is InChI=1S/C6H11BrN2O/c7-5-6(10)8-9-3-1-2-4-9/h1-5H2,(H,8,10). The Kier molecular flexibility index (Phi) is 3.15. The zero-order valence-electron chi connectivity index (χ0n) is 5.77. The molecule has 0 aromatic rings. The van der Waals surface area contributed by atoms with Crippen molar-refractivity contribution in [3.8, 4) is 0 Å². The second-order valence-corrected chi connectivity index (χ2v) is 2.92. The third kappa shape index (κ3) is 2.27. The second kappa shape index (κ2) is 3.93. The molecule has 58 valence electrons. The number of amides is 1. The van der Waals surface area contributed by atoms with Gasteiger partial charge in [0.1, 0.15) is 0 Å². The maximum Gasteiger partial charge on any atom is 0.244 e. The van der Waals surface area contributed by atoms with Crippen LogP contribution in [0.25, 0.3) is 0 Å². The van der Waals surface area contributed by atoms with Gasteiger partial charge >= 0.3 is 0 Å². The maximum atomic E-state index is 10.8. The first-order valence-corrected chi connectivity index (χ1v) is 4.55. The van der Waals surface area contributed by atoms with Crippen molar-refractivity contribution in [2.24, 2.45) is 0 Å². The number of hydrogen-bond acceptors (Lipinski definition) is 2. The van der Waals surface area contributed by atoms with Crippen LogP contribution in [0.3, 0.4) is 0 Å². The van der Waals surface area contributed by atoms with Crippen molar-refractivity contribution in [2.75, 3.05) is 18.4 Å². The Hall–Kier alpha value is -0.0900. The van der Waals surface area contributed by atoms with E-state index in [0.29, 0.717) is 5.33 Å². The quantitative estimate of drug-likeness (QED) is 0.669. The topological polar surface area (TPSA) is 32.3 Å². The molecule has 0 radical (unpaired) electrons. The SMILES string of the molecule is O=C(CBr)NN1CCCC1. The summed E-state index contributed by atoms with van der Waals surface area (Å²) in [7, 11) is 0. The molecule has 0 saturated carbocycles. The normalized spacial score (nSPS) is 19.3. The lowest BCUT2D eigenvalue weighted by molar-refractivity contribution is -0.122. The fourth-order valence-corrected chi connectivity index (χ4v) is 1.16. The summed E-state index contributed by atoms with van der Waals surface area (Å²) in [6.45, 7) is 2.00. The van der Waals surface area contributed by atoms with Gasteiger partial charge in [0.15, 0.2) is 0 Å². The van der Waals surface area contributed by atoms with Gasteiger partial charge in [-0.15, -0.1) is 0 Å². The smallest absolute Gasteiger partial charge is 0.244 e. The van der Waals surface area contributed by atoms with Crippen LogP contribution in [0.15, 0.2) is 0 Å². The molecule has 3 nitrogen and oxygen atoms in total. The molecular weight excluding hydrogens is 196 g/mol. The van der Waals surface area contributed by atoms with Gasteiger partial charge in [0.25, 0.3) is 0 Å². The third-order valence-corrected chi connectivity index (χ3v) is 2.02. The molecule has 1 N–H and O–H groups in total. The van der Waals surface area contributed by atoms with E-state index in [-0.39, 0.29) is 5.91 Å². The van der Waals surface area contributed by atoms with Crippen LogP contribution in [-0.2, 0) is 4.79 Å². The van der Waals surface area contributed by atoms with Gasteiger partial charge in [-0.25, -0.2) is 5.01 Å².